The number of rotatable bonds is 4. The number of nitrogens with zero attached hydrogens (tertiary/aromatic N) is 2. The van der Waals surface area contributed by atoms with Crippen molar-refractivity contribution in [2.24, 2.45) is 0 Å². The summed E-state index contributed by atoms with van der Waals surface area (Å²) in [7, 11) is 1.59. The van der Waals surface area contributed by atoms with Crippen LogP contribution in [0.4, 0.5) is 11.7 Å². The Morgan fingerprint density at radius 1 is 1.30 bits per heavy atom. The Bertz CT molecular complexity index is 722. The zero-order valence-electron chi connectivity index (χ0n) is 11.0. The Morgan fingerprint density at radius 3 is 2.95 bits per heavy atom. The summed E-state index contributed by atoms with van der Waals surface area (Å²) < 4.78 is 10.6. The molecule has 0 fully saturated rings. The van der Waals surface area contributed by atoms with Gasteiger partial charge in [0.1, 0.15) is 5.52 Å². The summed E-state index contributed by atoms with van der Waals surface area (Å²) in [5.41, 5.74) is 8.81. The van der Waals surface area contributed by atoms with Crippen molar-refractivity contribution in [1.29, 1.82) is 0 Å². The molecule has 6 nitrogen and oxygen atoms in total. The van der Waals surface area contributed by atoms with Crippen molar-refractivity contribution in [1.82, 2.24) is 9.97 Å². The SMILES string of the molecule is COc1ccc(CNc2nc3cc(N)ccc3o2)cn1. The van der Waals surface area contributed by atoms with Gasteiger partial charge in [-0.2, -0.15) is 4.98 Å². The van der Waals surface area contributed by atoms with Crippen LogP contribution in [-0.4, -0.2) is 17.1 Å². The highest BCUT2D eigenvalue weighted by Gasteiger charge is 2.05. The topological polar surface area (TPSA) is 86.2 Å². The van der Waals surface area contributed by atoms with Crippen molar-refractivity contribution < 1.29 is 9.15 Å². The molecule has 3 rings (SSSR count). The number of oxazole rings is 1. The van der Waals surface area contributed by atoms with Gasteiger partial charge in [-0.15, -0.1) is 0 Å². The van der Waals surface area contributed by atoms with Gasteiger partial charge < -0.3 is 20.2 Å². The number of benzene rings is 1. The van der Waals surface area contributed by atoms with Crippen LogP contribution >= 0.6 is 0 Å². The second-order valence-electron chi connectivity index (χ2n) is 4.31. The Hall–Kier alpha value is -2.76. The lowest BCUT2D eigenvalue weighted by Crippen LogP contribution is -2.00. The number of nitrogen functional groups attached to an aromatic ring is 1. The molecule has 0 spiro atoms. The number of methoxy groups -OCH3 is 1. The van der Waals surface area contributed by atoms with E-state index in [9.17, 15) is 0 Å². The minimum absolute atomic E-state index is 0.460. The Kier molecular flexibility index (Phi) is 3.12. The Balaban J connectivity index is 1.72. The molecule has 0 aliphatic rings. The zero-order valence-corrected chi connectivity index (χ0v) is 11.0. The number of nitrogens with two attached hydrogens (primary N) is 1. The van der Waals surface area contributed by atoms with Crippen molar-refractivity contribution >= 4 is 22.8 Å². The van der Waals surface area contributed by atoms with Gasteiger partial charge in [-0.1, -0.05) is 6.07 Å². The summed E-state index contributed by atoms with van der Waals surface area (Å²) in [5.74, 6) is 0.589. The third-order valence-electron chi connectivity index (χ3n) is 2.86. The standard InChI is InChI=1S/C14H14N4O2/c1-19-13-5-2-9(7-16-13)8-17-14-18-11-6-10(15)3-4-12(11)20-14/h2-7H,8,15H2,1H3,(H,17,18). The van der Waals surface area contributed by atoms with Crippen LogP contribution in [0.1, 0.15) is 5.56 Å². The molecule has 1 aromatic carbocycles. The minimum atomic E-state index is 0.460. The fourth-order valence-corrected chi connectivity index (χ4v) is 1.83. The van der Waals surface area contributed by atoms with Crippen LogP contribution in [0.15, 0.2) is 40.9 Å². The summed E-state index contributed by atoms with van der Waals surface area (Å²) in [6.45, 7) is 0.569. The minimum Gasteiger partial charge on any atom is -0.481 e. The van der Waals surface area contributed by atoms with Gasteiger partial charge in [0.15, 0.2) is 5.58 Å². The monoisotopic (exact) mass is 270 g/mol. The number of aromatic nitrogens is 2. The molecule has 2 heterocycles. The van der Waals surface area contributed by atoms with Gasteiger partial charge in [0.2, 0.25) is 5.88 Å². The average molecular weight is 270 g/mol. The molecule has 6 heteroatoms. The third kappa shape index (κ3) is 2.49. The summed E-state index contributed by atoms with van der Waals surface area (Å²) >= 11 is 0. The molecule has 0 amide bonds. The fraction of sp³-hybridized carbons (Fsp3) is 0.143. The van der Waals surface area contributed by atoms with Crippen LogP contribution in [0, 0.1) is 0 Å². The van der Waals surface area contributed by atoms with Gasteiger partial charge in [-0.3, -0.25) is 0 Å². The molecule has 0 radical (unpaired) electrons. The lowest BCUT2D eigenvalue weighted by Gasteiger charge is -2.02. The number of fused-ring (bicyclic) bond motifs is 1. The first-order valence-corrected chi connectivity index (χ1v) is 6.13. The Labute approximate surface area is 115 Å². The van der Waals surface area contributed by atoms with E-state index in [2.05, 4.69) is 15.3 Å². The van der Waals surface area contributed by atoms with Crippen molar-refractivity contribution in [2.75, 3.05) is 18.2 Å². The van der Waals surface area contributed by atoms with E-state index in [4.69, 9.17) is 14.9 Å². The Morgan fingerprint density at radius 2 is 2.20 bits per heavy atom. The van der Waals surface area contributed by atoms with Crippen LogP contribution in [0.3, 0.4) is 0 Å². The fourth-order valence-electron chi connectivity index (χ4n) is 1.83. The van der Waals surface area contributed by atoms with E-state index in [1.165, 1.54) is 0 Å². The molecular formula is C14H14N4O2. The predicted octanol–water partition coefficient (Wildman–Crippen LogP) is 2.43. The van der Waals surface area contributed by atoms with Crippen LogP contribution in [0.2, 0.25) is 0 Å². The van der Waals surface area contributed by atoms with E-state index >= 15 is 0 Å². The second kappa shape index (κ2) is 5.08. The van der Waals surface area contributed by atoms with Crippen LogP contribution in [0.5, 0.6) is 5.88 Å². The number of hydrogen-bond acceptors (Lipinski definition) is 6. The first kappa shape index (κ1) is 12.3. The van der Waals surface area contributed by atoms with Crippen molar-refractivity contribution in [3.8, 4) is 5.88 Å². The van der Waals surface area contributed by atoms with Gasteiger partial charge in [-0.05, 0) is 23.8 Å². The third-order valence-corrected chi connectivity index (χ3v) is 2.86. The van der Waals surface area contributed by atoms with Gasteiger partial charge in [0.05, 0.1) is 7.11 Å². The summed E-state index contributed by atoms with van der Waals surface area (Å²) in [6, 6.07) is 9.56. The highest BCUT2D eigenvalue weighted by Crippen LogP contribution is 2.21. The maximum atomic E-state index is 5.70. The average Bonchev–Trinajstić information content (AvgIpc) is 2.87. The highest BCUT2D eigenvalue weighted by atomic mass is 16.5. The maximum absolute atomic E-state index is 5.70. The molecule has 0 aliphatic carbocycles. The van der Waals surface area contributed by atoms with Crippen molar-refractivity contribution in [3.05, 3.63) is 42.1 Å². The highest BCUT2D eigenvalue weighted by molar-refractivity contribution is 5.78. The quantitative estimate of drug-likeness (QED) is 0.708. The van der Waals surface area contributed by atoms with Crippen LogP contribution < -0.4 is 15.8 Å². The van der Waals surface area contributed by atoms with E-state index in [0.717, 1.165) is 11.1 Å². The molecule has 0 saturated heterocycles. The van der Waals surface area contributed by atoms with E-state index in [1.807, 2.05) is 12.1 Å². The van der Waals surface area contributed by atoms with Crippen LogP contribution in [0.25, 0.3) is 11.1 Å². The first-order chi connectivity index (χ1) is 9.74. The molecule has 2 aromatic heterocycles. The van der Waals surface area contributed by atoms with E-state index in [-0.39, 0.29) is 0 Å². The maximum Gasteiger partial charge on any atom is 0.295 e. The van der Waals surface area contributed by atoms with Gasteiger partial charge in [0.25, 0.3) is 6.01 Å². The zero-order chi connectivity index (χ0) is 13.9. The number of ether oxygens (including phenoxy) is 1. The summed E-state index contributed by atoms with van der Waals surface area (Å²) in [6.07, 6.45) is 1.74. The summed E-state index contributed by atoms with van der Waals surface area (Å²) in [5, 5.41) is 3.11. The molecule has 0 atom stereocenters. The van der Waals surface area contributed by atoms with E-state index < -0.39 is 0 Å². The van der Waals surface area contributed by atoms with Crippen molar-refractivity contribution in [2.45, 2.75) is 6.54 Å². The van der Waals surface area contributed by atoms with E-state index in [1.54, 1.807) is 31.5 Å². The molecule has 102 valence electrons. The lowest BCUT2D eigenvalue weighted by atomic mass is 10.3. The number of anilines is 2. The predicted molar refractivity (Wildman–Crippen MR) is 76.5 cm³/mol. The smallest absolute Gasteiger partial charge is 0.295 e. The first-order valence-electron chi connectivity index (χ1n) is 6.13. The number of nitrogens with one attached hydrogen (secondary N) is 1. The number of hydrogen-bond donors (Lipinski definition) is 2. The lowest BCUT2D eigenvalue weighted by molar-refractivity contribution is 0.397. The van der Waals surface area contributed by atoms with Gasteiger partial charge in [0, 0.05) is 24.5 Å². The normalized spacial score (nSPS) is 10.7. The molecular weight excluding hydrogens is 256 g/mol. The molecule has 0 unspecified atom stereocenters. The van der Waals surface area contributed by atoms with Gasteiger partial charge >= 0.3 is 0 Å². The molecule has 3 N–H and O–H groups in total. The molecule has 0 bridgehead atoms. The van der Waals surface area contributed by atoms with E-state index in [0.29, 0.717) is 29.7 Å². The molecule has 3 aromatic rings. The molecule has 0 saturated carbocycles. The summed E-state index contributed by atoms with van der Waals surface area (Å²) in [4.78, 5) is 8.45. The largest absolute Gasteiger partial charge is 0.481 e. The van der Waals surface area contributed by atoms with Gasteiger partial charge in [-0.25, -0.2) is 4.98 Å². The van der Waals surface area contributed by atoms with Crippen molar-refractivity contribution in [3.63, 3.8) is 0 Å². The number of pyridine rings is 1. The van der Waals surface area contributed by atoms with Crippen LogP contribution in [-0.2, 0) is 6.54 Å². The molecule has 0 aliphatic heterocycles. The second-order valence-corrected chi connectivity index (χ2v) is 4.31. The molecule has 20 heavy (non-hydrogen) atoms.